The third kappa shape index (κ3) is 2.58. The summed E-state index contributed by atoms with van der Waals surface area (Å²) < 4.78 is 14.4. The molecule has 1 heterocycles. The zero-order valence-corrected chi connectivity index (χ0v) is 15.2. The first-order chi connectivity index (χ1) is 11.3. The first kappa shape index (κ1) is 17.2. The minimum absolute atomic E-state index is 0.0500. The highest BCUT2D eigenvalue weighted by molar-refractivity contribution is 6.11. The van der Waals surface area contributed by atoms with Crippen LogP contribution < -0.4 is 0 Å². The van der Waals surface area contributed by atoms with Gasteiger partial charge in [0.15, 0.2) is 5.78 Å². The molecular weight excluding hydrogens is 301 g/mol. The lowest BCUT2D eigenvalue weighted by molar-refractivity contribution is 0.0946. The fraction of sp³-hybridized carbons (Fsp3) is 0.571. The van der Waals surface area contributed by atoms with Gasteiger partial charge in [0.1, 0.15) is 0 Å². The van der Waals surface area contributed by atoms with Gasteiger partial charge in [-0.15, -0.1) is 0 Å². The predicted molar refractivity (Wildman–Crippen MR) is 97.1 cm³/mol. The SMILES string of the molecule is CC1(C)C(C(=O)c2cn(CCCCCF)c3ccccc23)C1(C)C. The van der Waals surface area contributed by atoms with E-state index in [4.69, 9.17) is 0 Å². The van der Waals surface area contributed by atoms with Crippen molar-refractivity contribution in [1.29, 1.82) is 0 Å². The summed E-state index contributed by atoms with van der Waals surface area (Å²) in [5.74, 6) is 0.347. The minimum atomic E-state index is -0.248. The zero-order valence-electron chi connectivity index (χ0n) is 15.2. The average molecular weight is 329 g/mol. The molecule has 0 atom stereocenters. The number of halogens is 1. The number of ketones is 1. The van der Waals surface area contributed by atoms with E-state index in [0.29, 0.717) is 6.42 Å². The van der Waals surface area contributed by atoms with Gasteiger partial charge < -0.3 is 4.57 Å². The molecule has 2 nitrogen and oxygen atoms in total. The average Bonchev–Trinajstić information content (AvgIpc) is 2.83. The fourth-order valence-corrected chi connectivity index (χ4v) is 4.19. The van der Waals surface area contributed by atoms with Crippen LogP contribution in [0.15, 0.2) is 30.5 Å². The van der Waals surface area contributed by atoms with Crippen LogP contribution in [0.5, 0.6) is 0 Å². The van der Waals surface area contributed by atoms with E-state index in [9.17, 15) is 9.18 Å². The predicted octanol–water partition coefficient (Wildman–Crippen LogP) is 5.65. The number of Topliss-reactive ketones (excluding diaryl/α,β-unsaturated/α-hetero) is 1. The molecule has 24 heavy (non-hydrogen) atoms. The van der Waals surface area contributed by atoms with Gasteiger partial charge in [-0.05, 0) is 36.2 Å². The molecule has 0 unspecified atom stereocenters. The number of fused-ring (bicyclic) bond motifs is 1. The van der Waals surface area contributed by atoms with Crippen molar-refractivity contribution in [2.45, 2.75) is 53.5 Å². The van der Waals surface area contributed by atoms with Crippen molar-refractivity contribution >= 4 is 16.7 Å². The van der Waals surface area contributed by atoms with Crippen molar-refractivity contribution in [3.8, 4) is 0 Å². The Morgan fingerprint density at radius 3 is 2.38 bits per heavy atom. The highest BCUT2D eigenvalue weighted by Crippen LogP contribution is 2.69. The summed E-state index contributed by atoms with van der Waals surface area (Å²) in [6, 6.07) is 8.13. The number of rotatable bonds is 7. The Labute approximate surface area is 144 Å². The van der Waals surface area contributed by atoms with Gasteiger partial charge in [-0.1, -0.05) is 45.9 Å². The lowest BCUT2D eigenvalue weighted by Crippen LogP contribution is -2.07. The molecule has 1 fully saturated rings. The number of aromatic nitrogens is 1. The standard InChI is InChI=1S/C21H28FNO/c1-20(2)19(21(20,3)4)18(24)16-14-23(13-9-5-8-12-22)17-11-7-6-10-15(16)17/h6-7,10-11,14,19H,5,8-9,12-13H2,1-4H3. The normalized spacial score (nSPS) is 18.9. The van der Waals surface area contributed by atoms with E-state index in [0.717, 1.165) is 35.9 Å². The molecule has 0 saturated heterocycles. The van der Waals surface area contributed by atoms with Crippen LogP contribution in [0, 0.1) is 16.7 Å². The maximum atomic E-state index is 13.2. The fourth-order valence-electron chi connectivity index (χ4n) is 4.19. The quantitative estimate of drug-likeness (QED) is 0.475. The number of hydrogen-bond acceptors (Lipinski definition) is 1. The van der Waals surface area contributed by atoms with Crippen molar-refractivity contribution in [1.82, 2.24) is 4.57 Å². The van der Waals surface area contributed by atoms with E-state index in [2.05, 4.69) is 38.3 Å². The molecule has 130 valence electrons. The van der Waals surface area contributed by atoms with Crippen LogP contribution in [-0.4, -0.2) is 17.0 Å². The van der Waals surface area contributed by atoms with Gasteiger partial charge in [0, 0.05) is 35.1 Å². The van der Waals surface area contributed by atoms with Gasteiger partial charge in [0.25, 0.3) is 0 Å². The van der Waals surface area contributed by atoms with Crippen LogP contribution in [0.1, 0.15) is 57.3 Å². The van der Waals surface area contributed by atoms with Crippen molar-refractivity contribution in [2.75, 3.05) is 6.67 Å². The Morgan fingerprint density at radius 2 is 1.75 bits per heavy atom. The molecule has 0 radical (unpaired) electrons. The van der Waals surface area contributed by atoms with Gasteiger partial charge in [0.05, 0.1) is 6.67 Å². The summed E-state index contributed by atoms with van der Waals surface area (Å²) >= 11 is 0. The Balaban J connectivity index is 1.90. The number of benzene rings is 1. The van der Waals surface area contributed by atoms with Crippen molar-refractivity contribution in [3.63, 3.8) is 0 Å². The van der Waals surface area contributed by atoms with E-state index in [-0.39, 0.29) is 29.2 Å². The maximum absolute atomic E-state index is 13.2. The Bertz CT molecular complexity index is 742. The van der Waals surface area contributed by atoms with Crippen LogP contribution in [0.2, 0.25) is 0 Å². The number of unbranched alkanes of at least 4 members (excludes halogenated alkanes) is 2. The molecule has 2 aromatic rings. The summed E-state index contributed by atoms with van der Waals surface area (Å²) in [5, 5.41) is 1.05. The summed E-state index contributed by atoms with van der Waals surface area (Å²) in [5.41, 5.74) is 2.06. The smallest absolute Gasteiger partial charge is 0.169 e. The van der Waals surface area contributed by atoms with Crippen molar-refractivity contribution in [2.24, 2.45) is 16.7 Å². The zero-order chi connectivity index (χ0) is 17.5. The molecule has 0 N–H and O–H groups in total. The molecule has 0 spiro atoms. The van der Waals surface area contributed by atoms with E-state index in [1.54, 1.807) is 0 Å². The largest absolute Gasteiger partial charge is 0.347 e. The third-order valence-corrected chi connectivity index (χ3v) is 6.37. The van der Waals surface area contributed by atoms with Crippen LogP contribution in [-0.2, 0) is 6.54 Å². The van der Waals surface area contributed by atoms with E-state index in [1.165, 1.54) is 0 Å². The first-order valence-electron chi connectivity index (χ1n) is 9.00. The number of para-hydroxylation sites is 1. The summed E-state index contributed by atoms with van der Waals surface area (Å²) in [7, 11) is 0. The van der Waals surface area contributed by atoms with Gasteiger partial charge in [0.2, 0.25) is 0 Å². The molecule has 1 aliphatic rings. The number of hydrogen-bond donors (Lipinski definition) is 0. The number of nitrogens with zero attached hydrogens (tertiary/aromatic N) is 1. The highest BCUT2D eigenvalue weighted by atomic mass is 19.1. The van der Waals surface area contributed by atoms with Crippen LogP contribution in [0.25, 0.3) is 10.9 Å². The second-order valence-corrected chi connectivity index (χ2v) is 8.24. The minimum Gasteiger partial charge on any atom is -0.347 e. The van der Waals surface area contributed by atoms with Gasteiger partial charge >= 0.3 is 0 Å². The first-order valence-corrected chi connectivity index (χ1v) is 9.00. The Hall–Kier alpha value is -1.64. The number of aryl methyl sites for hydroxylation is 1. The molecule has 0 amide bonds. The second kappa shape index (κ2) is 6.02. The molecule has 1 aromatic heterocycles. The van der Waals surface area contributed by atoms with E-state index >= 15 is 0 Å². The van der Waals surface area contributed by atoms with Gasteiger partial charge in [-0.25, -0.2) is 0 Å². The van der Waals surface area contributed by atoms with E-state index < -0.39 is 0 Å². The monoisotopic (exact) mass is 329 g/mol. The summed E-state index contributed by atoms with van der Waals surface area (Å²) in [6.07, 6.45) is 4.47. The van der Waals surface area contributed by atoms with E-state index in [1.807, 2.05) is 24.4 Å². The lowest BCUT2D eigenvalue weighted by Gasteiger charge is -2.04. The third-order valence-electron chi connectivity index (χ3n) is 6.37. The Kier molecular flexibility index (Phi) is 4.31. The molecular formula is C21H28FNO. The molecule has 3 heteroatoms. The molecule has 0 aliphatic heterocycles. The molecule has 1 aliphatic carbocycles. The summed E-state index contributed by atoms with van der Waals surface area (Å²) in [6.45, 7) is 9.34. The highest BCUT2D eigenvalue weighted by Gasteiger charge is 2.68. The molecule has 1 saturated carbocycles. The topological polar surface area (TPSA) is 22.0 Å². The van der Waals surface area contributed by atoms with Crippen LogP contribution in [0.4, 0.5) is 4.39 Å². The van der Waals surface area contributed by atoms with Crippen molar-refractivity contribution < 1.29 is 9.18 Å². The molecule has 1 aromatic carbocycles. The number of carbonyl (C=O) groups excluding carboxylic acids is 1. The maximum Gasteiger partial charge on any atom is 0.169 e. The number of alkyl halides is 1. The summed E-state index contributed by atoms with van der Waals surface area (Å²) in [4.78, 5) is 13.2. The lowest BCUT2D eigenvalue weighted by atomic mass is 10.0. The second-order valence-electron chi connectivity index (χ2n) is 8.24. The van der Waals surface area contributed by atoms with Gasteiger partial charge in [-0.2, -0.15) is 0 Å². The van der Waals surface area contributed by atoms with Crippen LogP contribution >= 0.6 is 0 Å². The van der Waals surface area contributed by atoms with Crippen LogP contribution in [0.3, 0.4) is 0 Å². The molecule has 0 bridgehead atoms. The van der Waals surface area contributed by atoms with Gasteiger partial charge in [-0.3, -0.25) is 9.18 Å². The Morgan fingerprint density at radius 1 is 1.08 bits per heavy atom. The number of carbonyl (C=O) groups is 1. The molecule has 3 rings (SSSR count). The van der Waals surface area contributed by atoms with Crippen molar-refractivity contribution in [3.05, 3.63) is 36.0 Å².